The van der Waals surface area contributed by atoms with Crippen molar-refractivity contribution in [1.82, 2.24) is 20.4 Å². The molecule has 3 aliphatic heterocycles. The van der Waals surface area contributed by atoms with Gasteiger partial charge >= 0.3 is 0 Å². The highest BCUT2D eigenvalue weighted by Gasteiger charge is 2.12. The number of para-hydroxylation sites is 2. The minimum atomic E-state index is 0.930. The second-order valence-electron chi connectivity index (χ2n) is 15.9. The number of methoxy groups -OCH3 is 2. The minimum absolute atomic E-state index is 0.930. The number of hydrogen-bond acceptors (Lipinski definition) is 6. The van der Waals surface area contributed by atoms with Crippen LogP contribution >= 0.6 is 0 Å². The maximum absolute atomic E-state index is 5.72. The quantitative estimate of drug-likeness (QED) is 0.204. The Morgan fingerprint density at radius 1 is 0.411 bits per heavy atom. The molecule has 0 radical (unpaired) electrons. The van der Waals surface area contributed by atoms with Crippen LogP contribution in [0.2, 0.25) is 0 Å². The smallest absolute Gasteiger partial charge is 0.123 e. The minimum Gasteiger partial charge on any atom is -0.496 e. The second-order valence-corrected chi connectivity index (χ2v) is 15.9. The second kappa shape index (κ2) is 26.3. The number of rotatable bonds is 6. The van der Waals surface area contributed by atoms with Crippen LogP contribution in [0.4, 0.5) is 0 Å². The fraction of sp³-hybridized carbons (Fsp3) is 0.520. The van der Waals surface area contributed by atoms with Crippen LogP contribution in [0.1, 0.15) is 112 Å². The summed E-state index contributed by atoms with van der Waals surface area (Å²) in [5.41, 5.74) is 7.87. The van der Waals surface area contributed by atoms with Gasteiger partial charge in [-0.2, -0.15) is 0 Å². The van der Waals surface area contributed by atoms with Gasteiger partial charge in [0, 0.05) is 37.3 Å². The normalized spacial score (nSPS) is 17.9. The Balaban J connectivity index is 1.14. The number of fused-ring (bicyclic) bond motifs is 2. The Morgan fingerprint density at radius 2 is 0.750 bits per heavy atom. The Morgan fingerprint density at radius 3 is 1.12 bits per heavy atom. The third-order valence-corrected chi connectivity index (χ3v) is 11.4. The van der Waals surface area contributed by atoms with Crippen LogP contribution in [-0.2, 0) is 26.2 Å². The van der Waals surface area contributed by atoms with Crippen molar-refractivity contribution in [2.45, 2.75) is 116 Å². The maximum Gasteiger partial charge on any atom is 0.123 e. The van der Waals surface area contributed by atoms with Gasteiger partial charge in [-0.3, -0.25) is 9.80 Å². The molecule has 0 aliphatic carbocycles. The van der Waals surface area contributed by atoms with Crippen LogP contribution in [0.5, 0.6) is 11.5 Å². The lowest BCUT2D eigenvalue weighted by atomic mass is 10.0. The number of benzene rings is 4. The van der Waals surface area contributed by atoms with Gasteiger partial charge in [0.05, 0.1) is 14.2 Å². The highest BCUT2D eigenvalue weighted by Crippen LogP contribution is 2.23. The van der Waals surface area contributed by atoms with Gasteiger partial charge in [0.15, 0.2) is 0 Å². The third-order valence-electron chi connectivity index (χ3n) is 11.4. The van der Waals surface area contributed by atoms with Crippen molar-refractivity contribution in [1.29, 1.82) is 0 Å². The summed E-state index contributed by atoms with van der Waals surface area (Å²) in [5, 5.41) is 7.36. The lowest BCUT2D eigenvalue weighted by Gasteiger charge is -2.24. The van der Waals surface area contributed by atoms with Crippen molar-refractivity contribution in [3.8, 4) is 22.6 Å². The van der Waals surface area contributed by atoms with Gasteiger partial charge in [0.1, 0.15) is 11.5 Å². The first-order valence-corrected chi connectivity index (χ1v) is 22.0. The molecule has 0 spiro atoms. The average molecular weight is 761 g/mol. The molecule has 4 aromatic carbocycles. The summed E-state index contributed by atoms with van der Waals surface area (Å²) < 4.78 is 11.4. The Hall–Kier alpha value is -3.68. The van der Waals surface area contributed by atoms with E-state index in [-0.39, 0.29) is 0 Å². The summed E-state index contributed by atoms with van der Waals surface area (Å²) >= 11 is 0. The summed E-state index contributed by atoms with van der Waals surface area (Å²) in [6.45, 7) is 10.6. The molecule has 0 saturated heterocycles. The summed E-state index contributed by atoms with van der Waals surface area (Å²) in [7, 11) is 3.59. The zero-order valence-electron chi connectivity index (χ0n) is 34.9. The van der Waals surface area contributed by atoms with E-state index < -0.39 is 0 Å². The molecule has 2 N–H and O–H groups in total. The Labute approximate surface area is 340 Å². The molecule has 0 aromatic heterocycles. The van der Waals surface area contributed by atoms with E-state index in [1.165, 1.54) is 123 Å². The van der Waals surface area contributed by atoms with E-state index in [2.05, 4.69) is 117 Å². The van der Waals surface area contributed by atoms with E-state index in [9.17, 15) is 0 Å². The number of nitrogens with zero attached hydrogens (tertiary/aromatic N) is 2. The topological polar surface area (TPSA) is 49.0 Å². The van der Waals surface area contributed by atoms with Crippen molar-refractivity contribution >= 4 is 0 Å². The van der Waals surface area contributed by atoms with Crippen LogP contribution in [-0.4, -0.2) is 63.3 Å². The van der Waals surface area contributed by atoms with Gasteiger partial charge in [-0.05, 0) is 112 Å². The number of hydrogen-bond donors (Lipinski definition) is 2. The van der Waals surface area contributed by atoms with Crippen LogP contribution in [0.25, 0.3) is 11.1 Å². The fourth-order valence-corrected chi connectivity index (χ4v) is 8.04. The van der Waals surface area contributed by atoms with Crippen LogP contribution in [0, 0.1) is 0 Å². The summed E-state index contributed by atoms with van der Waals surface area (Å²) in [5.74, 6) is 2.02. The van der Waals surface area contributed by atoms with E-state index in [4.69, 9.17) is 9.47 Å². The van der Waals surface area contributed by atoms with Gasteiger partial charge in [-0.1, -0.05) is 136 Å². The standard InChI is InChI=1S/C50H72N4O2/c1-55-49-23-13-11-21-47(49)41-53-35-17-7-3-4-8-18-36-54(42-48-22-12-14-24-50(48)56-2)38-20-10-6-16-34-52-40-44-27-31-46(32-28-44)45-29-25-43(26-30-45)39-51-33-15-5-9-19-37-53/h11-14,21-32,51-52H,3-10,15-20,33-42H2,1-2H3. The molecule has 0 saturated carbocycles. The highest BCUT2D eigenvalue weighted by atomic mass is 16.5. The van der Waals surface area contributed by atoms with Gasteiger partial charge in [0.2, 0.25) is 0 Å². The van der Waals surface area contributed by atoms with Crippen molar-refractivity contribution < 1.29 is 9.47 Å². The first kappa shape index (κ1) is 43.4. The van der Waals surface area contributed by atoms with Crippen LogP contribution in [0.3, 0.4) is 0 Å². The third kappa shape index (κ3) is 16.1. The van der Waals surface area contributed by atoms with E-state index in [0.29, 0.717) is 0 Å². The average Bonchev–Trinajstić information content (AvgIpc) is 3.23. The van der Waals surface area contributed by atoms with Gasteiger partial charge in [-0.15, -0.1) is 0 Å². The van der Waals surface area contributed by atoms with E-state index in [0.717, 1.165) is 76.9 Å². The molecule has 304 valence electrons. The predicted octanol–water partition coefficient (Wildman–Crippen LogP) is 11.0. The molecule has 7 rings (SSSR count). The first-order chi connectivity index (χ1) is 27.7. The summed E-state index contributed by atoms with van der Waals surface area (Å²) in [6.07, 6.45) is 17.9. The predicted molar refractivity (Wildman–Crippen MR) is 236 cm³/mol. The summed E-state index contributed by atoms with van der Waals surface area (Å²) in [6, 6.07) is 35.3. The van der Waals surface area contributed by atoms with Crippen molar-refractivity contribution in [3.05, 3.63) is 119 Å². The highest BCUT2D eigenvalue weighted by molar-refractivity contribution is 5.64. The summed E-state index contributed by atoms with van der Waals surface area (Å²) in [4.78, 5) is 5.35. The molecule has 6 heteroatoms. The SMILES string of the molecule is COc1ccccc1CN1CCCCCCCCN(Cc2ccccc2OC)CCCCCCNCc2ccc(cc2)-c2ccc(cc2)CNCCCCCC1. The van der Waals surface area contributed by atoms with Crippen molar-refractivity contribution in [2.75, 3.05) is 53.5 Å². The molecule has 4 bridgehead atoms. The van der Waals surface area contributed by atoms with E-state index in [1.807, 2.05) is 0 Å². The first-order valence-electron chi connectivity index (χ1n) is 22.0. The van der Waals surface area contributed by atoms with Gasteiger partial charge < -0.3 is 20.1 Å². The lowest BCUT2D eigenvalue weighted by molar-refractivity contribution is 0.244. The van der Waals surface area contributed by atoms with Crippen LogP contribution < -0.4 is 20.1 Å². The maximum atomic E-state index is 5.72. The zero-order chi connectivity index (χ0) is 38.9. The molecule has 3 aliphatic rings. The molecule has 4 aromatic rings. The largest absolute Gasteiger partial charge is 0.496 e. The number of nitrogens with one attached hydrogen (secondary N) is 2. The van der Waals surface area contributed by atoms with Gasteiger partial charge in [-0.25, -0.2) is 0 Å². The number of ether oxygens (including phenoxy) is 2. The monoisotopic (exact) mass is 761 g/mol. The van der Waals surface area contributed by atoms with E-state index >= 15 is 0 Å². The van der Waals surface area contributed by atoms with Crippen LogP contribution in [0.15, 0.2) is 97.1 Å². The lowest BCUT2D eigenvalue weighted by Crippen LogP contribution is -2.26. The van der Waals surface area contributed by atoms with Crippen molar-refractivity contribution in [3.63, 3.8) is 0 Å². The molecular weight excluding hydrogens is 689 g/mol. The van der Waals surface area contributed by atoms with Gasteiger partial charge in [0.25, 0.3) is 0 Å². The fourth-order valence-electron chi connectivity index (χ4n) is 8.04. The van der Waals surface area contributed by atoms with Crippen molar-refractivity contribution in [2.24, 2.45) is 0 Å². The molecule has 6 nitrogen and oxygen atoms in total. The Bertz CT molecular complexity index is 1490. The molecule has 56 heavy (non-hydrogen) atoms. The molecule has 0 amide bonds. The Kier molecular flexibility index (Phi) is 20.4. The molecule has 0 unspecified atom stereocenters. The molecular formula is C50H72N4O2. The molecule has 3 heterocycles. The molecule has 0 atom stereocenters. The zero-order valence-corrected chi connectivity index (χ0v) is 34.9. The van der Waals surface area contributed by atoms with E-state index in [1.54, 1.807) is 14.2 Å². The molecule has 0 fully saturated rings.